The Balaban J connectivity index is 2.50. The van der Waals surface area contributed by atoms with Crippen LogP contribution in [0.25, 0.3) is 0 Å². The molecule has 0 bridgehead atoms. The van der Waals surface area contributed by atoms with Crippen LogP contribution in [0.1, 0.15) is 44.5 Å². The van der Waals surface area contributed by atoms with Crippen LogP contribution in [0.4, 0.5) is 0 Å². The number of rotatable bonds is 7. The van der Waals surface area contributed by atoms with Crippen LogP contribution in [-0.2, 0) is 22.4 Å². The van der Waals surface area contributed by atoms with Crippen molar-refractivity contribution in [1.82, 2.24) is 4.98 Å². The minimum atomic E-state index is -0.203. The van der Waals surface area contributed by atoms with Crippen molar-refractivity contribution in [2.24, 2.45) is 0 Å². The van der Waals surface area contributed by atoms with E-state index in [2.05, 4.69) is 11.9 Å². The predicted octanol–water partition coefficient (Wildman–Crippen LogP) is 2.92. The molecule has 0 fully saturated rings. The zero-order chi connectivity index (χ0) is 12.5. The van der Waals surface area contributed by atoms with Crippen molar-refractivity contribution >= 4 is 5.97 Å². The average Bonchev–Trinajstić information content (AvgIpc) is 2.30. The number of aromatic nitrogens is 1. The van der Waals surface area contributed by atoms with Gasteiger partial charge in [-0.1, -0.05) is 25.8 Å². The molecule has 1 rings (SSSR count). The van der Waals surface area contributed by atoms with Crippen molar-refractivity contribution in [3.63, 3.8) is 0 Å². The first-order chi connectivity index (χ1) is 8.26. The highest BCUT2D eigenvalue weighted by Crippen LogP contribution is 2.06. The number of pyridine rings is 1. The van der Waals surface area contributed by atoms with E-state index in [1.165, 1.54) is 12.8 Å². The summed E-state index contributed by atoms with van der Waals surface area (Å²) in [6.45, 7) is 4.42. The second kappa shape index (κ2) is 7.82. The van der Waals surface area contributed by atoms with E-state index < -0.39 is 0 Å². The highest BCUT2D eigenvalue weighted by molar-refractivity contribution is 5.71. The standard InChI is InChI=1S/C14H21NO2/c1-3-5-6-8-12-9-7-10-13(15-12)11-14(16)17-4-2/h7,9-10H,3-6,8,11H2,1-2H3. The first-order valence-corrected chi connectivity index (χ1v) is 6.36. The zero-order valence-electron chi connectivity index (χ0n) is 10.7. The van der Waals surface area contributed by atoms with Crippen molar-refractivity contribution in [2.45, 2.75) is 46.0 Å². The number of carbonyl (C=O) groups is 1. The van der Waals surface area contributed by atoms with Gasteiger partial charge in [-0.15, -0.1) is 0 Å². The van der Waals surface area contributed by atoms with Crippen LogP contribution in [0.15, 0.2) is 18.2 Å². The van der Waals surface area contributed by atoms with Gasteiger partial charge in [0, 0.05) is 5.69 Å². The van der Waals surface area contributed by atoms with Gasteiger partial charge < -0.3 is 4.74 Å². The van der Waals surface area contributed by atoms with Crippen LogP contribution in [0.3, 0.4) is 0 Å². The maximum absolute atomic E-state index is 11.3. The van der Waals surface area contributed by atoms with Gasteiger partial charge in [-0.05, 0) is 31.9 Å². The first kappa shape index (κ1) is 13.7. The summed E-state index contributed by atoms with van der Waals surface area (Å²) < 4.78 is 4.91. The van der Waals surface area contributed by atoms with Crippen LogP contribution in [0.2, 0.25) is 0 Å². The Morgan fingerprint density at radius 1 is 1.24 bits per heavy atom. The highest BCUT2D eigenvalue weighted by Gasteiger charge is 2.05. The molecule has 3 nitrogen and oxygen atoms in total. The lowest BCUT2D eigenvalue weighted by Crippen LogP contribution is -2.09. The van der Waals surface area contributed by atoms with Gasteiger partial charge in [0.1, 0.15) is 0 Å². The van der Waals surface area contributed by atoms with Crippen molar-refractivity contribution in [1.29, 1.82) is 0 Å². The van der Waals surface area contributed by atoms with Crippen molar-refractivity contribution in [3.8, 4) is 0 Å². The number of esters is 1. The predicted molar refractivity (Wildman–Crippen MR) is 67.8 cm³/mol. The van der Waals surface area contributed by atoms with Gasteiger partial charge in [0.2, 0.25) is 0 Å². The second-order valence-corrected chi connectivity index (χ2v) is 4.06. The summed E-state index contributed by atoms with van der Waals surface area (Å²) in [6.07, 6.45) is 4.86. The molecular weight excluding hydrogens is 214 g/mol. The lowest BCUT2D eigenvalue weighted by molar-refractivity contribution is -0.142. The molecule has 3 heteroatoms. The fourth-order valence-corrected chi connectivity index (χ4v) is 1.68. The maximum Gasteiger partial charge on any atom is 0.311 e. The molecule has 0 saturated carbocycles. The molecule has 1 aromatic heterocycles. The number of hydrogen-bond donors (Lipinski definition) is 0. The summed E-state index contributed by atoms with van der Waals surface area (Å²) in [5.41, 5.74) is 1.87. The molecule has 0 aromatic carbocycles. The first-order valence-electron chi connectivity index (χ1n) is 6.36. The average molecular weight is 235 g/mol. The molecule has 94 valence electrons. The molecule has 0 spiro atoms. The smallest absolute Gasteiger partial charge is 0.311 e. The minimum Gasteiger partial charge on any atom is -0.466 e. The summed E-state index contributed by atoms with van der Waals surface area (Å²) in [5.74, 6) is -0.203. The van der Waals surface area contributed by atoms with E-state index >= 15 is 0 Å². The Hall–Kier alpha value is -1.38. The number of hydrogen-bond acceptors (Lipinski definition) is 3. The van der Waals surface area contributed by atoms with Crippen molar-refractivity contribution in [3.05, 3.63) is 29.6 Å². The fraction of sp³-hybridized carbons (Fsp3) is 0.571. The summed E-state index contributed by atoms with van der Waals surface area (Å²) in [7, 11) is 0. The second-order valence-electron chi connectivity index (χ2n) is 4.06. The summed E-state index contributed by atoms with van der Waals surface area (Å²) >= 11 is 0. The molecular formula is C14H21NO2. The molecule has 0 amide bonds. The molecule has 0 aliphatic heterocycles. The van der Waals surface area contributed by atoms with E-state index in [-0.39, 0.29) is 12.4 Å². The number of nitrogens with zero attached hydrogens (tertiary/aromatic N) is 1. The molecule has 1 aromatic rings. The van der Waals surface area contributed by atoms with E-state index in [4.69, 9.17) is 4.74 Å². The Bertz CT molecular complexity index is 350. The Labute approximate surface area is 103 Å². The van der Waals surface area contributed by atoms with Crippen molar-refractivity contribution < 1.29 is 9.53 Å². The quantitative estimate of drug-likeness (QED) is 0.539. The van der Waals surface area contributed by atoms with E-state index in [0.29, 0.717) is 6.61 Å². The molecule has 17 heavy (non-hydrogen) atoms. The summed E-state index contributed by atoms with van der Waals surface area (Å²) in [6, 6.07) is 5.85. The van der Waals surface area contributed by atoms with E-state index in [9.17, 15) is 4.79 Å². The molecule has 1 heterocycles. The Morgan fingerprint density at radius 2 is 2.00 bits per heavy atom. The summed E-state index contributed by atoms with van der Waals surface area (Å²) in [4.78, 5) is 15.8. The van der Waals surface area contributed by atoms with Gasteiger partial charge in [-0.2, -0.15) is 0 Å². The molecule has 0 aliphatic carbocycles. The largest absolute Gasteiger partial charge is 0.466 e. The van der Waals surface area contributed by atoms with Crippen LogP contribution in [-0.4, -0.2) is 17.6 Å². The Kier molecular flexibility index (Phi) is 6.30. The highest BCUT2D eigenvalue weighted by atomic mass is 16.5. The van der Waals surface area contributed by atoms with Gasteiger partial charge in [0.25, 0.3) is 0 Å². The zero-order valence-corrected chi connectivity index (χ0v) is 10.7. The van der Waals surface area contributed by atoms with Gasteiger partial charge in [-0.25, -0.2) is 0 Å². The number of carbonyl (C=O) groups excluding carboxylic acids is 1. The van der Waals surface area contributed by atoms with E-state index in [0.717, 1.165) is 24.2 Å². The minimum absolute atomic E-state index is 0.203. The number of aryl methyl sites for hydroxylation is 1. The van der Waals surface area contributed by atoms with Crippen LogP contribution < -0.4 is 0 Å². The normalized spacial score (nSPS) is 10.2. The summed E-state index contributed by atoms with van der Waals surface area (Å²) in [5, 5.41) is 0. The van der Waals surface area contributed by atoms with Crippen LogP contribution >= 0.6 is 0 Å². The van der Waals surface area contributed by atoms with Gasteiger partial charge >= 0.3 is 5.97 Å². The van der Waals surface area contributed by atoms with E-state index in [1.54, 1.807) is 0 Å². The third-order valence-electron chi connectivity index (χ3n) is 2.53. The topological polar surface area (TPSA) is 39.2 Å². The van der Waals surface area contributed by atoms with Gasteiger partial charge in [-0.3, -0.25) is 9.78 Å². The van der Waals surface area contributed by atoms with E-state index in [1.807, 2.05) is 25.1 Å². The third kappa shape index (κ3) is 5.48. The van der Waals surface area contributed by atoms with Crippen molar-refractivity contribution in [2.75, 3.05) is 6.61 Å². The lowest BCUT2D eigenvalue weighted by Gasteiger charge is -2.04. The molecule has 0 N–H and O–H groups in total. The molecule has 0 atom stereocenters. The molecule has 0 saturated heterocycles. The number of unbranched alkanes of at least 4 members (excludes halogenated alkanes) is 2. The van der Waals surface area contributed by atoms with Gasteiger partial charge in [0.15, 0.2) is 0 Å². The number of ether oxygens (including phenoxy) is 1. The van der Waals surface area contributed by atoms with Gasteiger partial charge in [0.05, 0.1) is 18.7 Å². The molecule has 0 unspecified atom stereocenters. The van der Waals surface area contributed by atoms with Crippen LogP contribution in [0.5, 0.6) is 0 Å². The molecule has 0 radical (unpaired) electrons. The third-order valence-corrected chi connectivity index (χ3v) is 2.53. The molecule has 0 aliphatic rings. The maximum atomic E-state index is 11.3. The fourth-order valence-electron chi connectivity index (χ4n) is 1.68. The SMILES string of the molecule is CCCCCc1cccc(CC(=O)OCC)n1. The Morgan fingerprint density at radius 3 is 2.71 bits per heavy atom. The van der Waals surface area contributed by atoms with Crippen LogP contribution in [0, 0.1) is 0 Å². The lowest BCUT2D eigenvalue weighted by atomic mass is 10.1. The monoisotopic (exact) mass is 235 g/mol.